The van der Waals surface area contributed by atoms with Gasteiger partial charge in [0, 0.05) is 17.7 Å². The van der Waals surface area contributed by atoms with Gasteiger partial charge >= 0.3 is 0 Å². The van der Waals surface area contributed by atoms with Crippen molar-refractivity contribution in [1.82, 2.24) is 0 Å². The third kappa shape index (κ3) is 1.89. The highest BCUT2D eigenvalue weighted by Crippen LogP contribution is 2.38. The van der Waals surface area contributed by atoms with Gasteiger partial charge in [0.2, 0.25) is 5.69 Å². The van der Waals surface area contributed by atoms with Crippen LogP contribution in [0.3, 0.4) is 0 Å². The van der Waals surface area contributed by atoms with E-state index in [0.29, 0.717) is 0 Å². The Hall–Kier alpha value is -2.41. The number of aryl methyl sites for hydroxylation is 2. The zero-order chi connectivity index (χ0) is 15.3. The van der Waals surface area contributed by atoms with Crippen molar-refractivity contribution in [3.05, 3.63) is 77.0 Å². The first-order chi connectivity index (χ1) is 10.6. The van der Waals surface area contributed by atoms with E-state index < -0.39 is 0 Å². The van der Waals surface area contributed by atoms with Gasteiger partial charge in [0.15, 0.2) is 12.7 Å². The third-order valence-corrected chi connectivity index (χ3v) is 4.73. The predicted octanol–water partition coefficient (Wildman–Crippen LogP) is 4.60. The average Bonchev–Trinajstić information content (AvgIpc) is 2.87. The van der Waals surface area contributed by atoms with E-state index in [1.54, 1.807) is 0 Å². The summed E-state index contributed by atoms with van der Waals surface area (Å²) in [4.78, 5) is 0. The molecule has 0 spiro atoms. The summed E-state index contributed by atoms with van der Waals surface area (Å²) in [7, 11) is 0. The molecule has 1 aliphatic heterocycles. The van der Waals surface area contributed by atoms with Crippen LogP contribution < -0.4 is 4.57 Å². The fourth-order valence-corrected chi connectivity index (χ4v) is 3.74. The van der Waals surface area contributed by atoms with Crippen LogP contribution in [0.2, 0.25) is 0 Å². The van der Waals surface area contributed by atoms with Gasteiger partial charge in [-0.3, -0.25) is 0 Å². The van der Waals surface area contributed by atoms with E-state index in [1.165, 1.54) is 44.6 Å². The zero-order valence-electron chi connectivity index (χ0n) is 13.4. The number of nitrogens with zero attached hydrogens (tertiary/aromatic N) is 1. The molecular weight excluding hydrogens is 266 g/mol. The zero-order valence-corrected chi connectivity index (χ0v) is 13.4. The number of benzene rings is 2. The number of rotatable bonds is 1. The van der Waals surface area contributed by atoms with Gasteiger partial charge in [-0.25, -0.2) is 0 Å². The van der Waals surface area contributed by atoms with Crippen LogP contribution in [0.1, 0.15) is 22.3 Å². The molecule has 0 saturated heterocycles. The second kappa shape index (κ2) is 4.81. The molecule has 0 N–H and O–H groups in total. The Labute approximate surface area is 131 Å². The van der Waals surface area contributed by atoms with E-state index in [2.05, 4.69) is 80.1 Å². The number of hydrogen-bond donors (Lipinski definition) is 0. The van der Waals surface area contributed by atoms with Gasteiger partial charge in [-0.1, -0.05) is 29.8 Å². The van der Waals surface area contributed by atoms with Crippen molar-refractivity contribution in [3.8, 4) is 22.4 Å². The van der Waals surface area contributed by atoms with Crippen molar-refractivity contribution in [1.29, 1.82) is 0 Å². The molecule has 0 amide bonds. The maximum Gasteiger partial charge on any atom is 0.213 e. The van der Waals surface area contributed by atoms with Gasteiger partial charge in [-0.2, -0.15) is 4.57 Å². The summed E-state index contributed by atoms with van der Waals surface area (Å²) in [5, 5.41) is 0. The lowest BCUT2D eigenvalue weighted by atomic mass is 9.88. The van der Waals surface area contributed by atoms with Gasteiger partial charge in [0.1, 0.15) is 0 Å². The molecule has 0 bridgehead atoms. The standard InChI is InChI=1S/C21H20N/c1-14-7-9-17(10-8-14)20-15(2)12-18-13-22-11-5-4-6-19(22)21(18)16(20)3/h4-12H,13H2,1-3H3/q+1. The molecule has 22 heavy (non-hydrogen) atoms. The molecule has 1 aromatic heterocycles. The maximum absolute atomic E-state index is 2.37. The maximum atomic E-state index is 2.37. The van der Waals surface area contributed by atoms with Crippen molar-refractivity contribution >= 4 is 0 Å². The SMILES string of the molecule is Cc1ccc(-c2c(C)cc3c(c2C)-c2cccc[n+]2C3)cc1. The Morgan fingerprint density at radius 1 is 0.864 bits per heavy atom. The Kier molecular flexibility index (Phi) is 2.90. The van der Waals surface area contributed by atoms with E-state index in [9.17, 15) is 0 Å². The van der Waals surface area contributed by atoms with E-state index in [1.807, 2.05) is 0 Å². The van der Waals surface area contributed by atoms with Crippen LogP contribution in [0.4, 0.5) is 0 Å². The van der Waals surface area contributed by atoms with Crippen LogP contribution in [-0.4, -0.2) is 0 Å². The topological polar surface area (TPSA) is 3.88 Å². The van der Waals surface area contributed by atoms with Crippen LogP contribution in [0.5, 0.6) is 0 Å². The van der Waals surface area contributed by atoms with Crippen molar-refractivity contribution in [2.75, 3.05) is 0 Å². The molecule has 0 aliphatic carbocycles. The molecule has 2 aromatic carbocycles. The second-order valence-electron chi connectivity index (χ2n) is 6.31. The summed E-state index contributed by atoms with van der Waals surface area (Å²) < 4.78 is 2.34. The summed E-state index contributed by atoms with van der Waals surface area (Å²) >= 11 is 0. The highest BCUT2D eigenvalue weighted by Gasteiger charge is 2.29. The largest absolute Gasteiger partial charge is 0.213 e. The molecule has 3 aromatic rings. The lowest BCUT2D eigenvalue weighted by Gasteiger charge is -2.13. The first-order valence-electron chi connectivity index (χ1n) is 7.84. The molecule has 108 valence electrons. The molecule has 4 rings (SSSR count). The van der Waals surface area contributed by atoms with Crippen molar-refractivity contribution < 1.29 is 4.57 Å². The average molecular weight is 286 g/mol. The fraction of sp³-hybridized carbons (Fsp3) is 0.190. The van der Waals surface area contributed by atoms with Crippen molar-refractivity contribution in [2.24, 2.45) is 0 Å². The second-order valence-corrected chi connectivity index (χ2v) is 6.31. The summed E-state index contributed by atoms with van der Waals surface area (Å²) in [5.74, 6) is 0. The molecule has 0 atom stereocenters. The first-order valence-corrected chi connectivity index (χ1v) is 7.84. The Morgan fingerprint density at radius 2 is 1.64 bits per heavy atom. The monoisotopic (exact) mass is 286 g/mol. The number of hydrogen-bond acceptors (Lipinski definition) is 0. The fourth-order valence-electron chi connectivity index (χ4n) is 3.74. The highest BCUT2D eigenvalue weighted by atomic mass is 15.0. The molecule has 0 fully saturated rings. The summed E-state index contributed by atoms with van der Waals surface area (Å²) in [6.07, 6.45) is 2.18. The molecule has 1 aliphatic rings. The molecule has 0 unspecified atom stereocenters. The van der Waals surface area contributed by atoms with Gasteiger partial charge in [-0.05, 0) is 55.2 Å². The van der Waals surface area contributed by atoms with E-state index in [0.717, 1.165) is 6.54 Å². The Morgan fingerprint density at radius 3 is 2.41 bits per heavy atom. The molecule has 2 heterocycles. The Balaban J connectivity index is 1.98. The van der Waals surface area contributed by atoms with Crippen molar-refractivity contribution in [2.45, 2.75) is 27.3 Å². The number of fused-ring (bicyclic) bond motifs is 3. The highest BCUT2D eigenvalue weighted by molar-refractivity contribution is 5.81. The van der Waals surface area contributed by atoms with Gasteiger partial charge in [-0.15, -0.1) is 0 Å². The van der Waals surface area contributed by atoms with Crippen LogP contribution in [0.15, 0.2) is 54.7 Å². The third-order valence-electron chi connectivity index (χ3n) is 4.73. The molecule has 0 radical (unpaired) electrons. The van der Waals surface area contributed by atoms with Crippen LogP contribution in [-0.2, 0) is 6.54 Å². The normalized spacial score (nSPS) is 12.1. The molecule has 0 saturated carbocycles. The van der Waals surface area contributed by atoms with Gasteiger partial charge < -0.3 is 0 Å². The van der Waals surface area contributed by atoms with Gasteiger partial charge in [0.25, 0.3) is 0 Å². The quantitative estimate of drug-likeness (QED) is 0.450. The lowest BCUT2D eigenvalue weighted by Crippen LogP contribution is -2.31. The van der Waals surface area contributed by atoms with Crippen LogP contribution >= 0.6 is 0 Å². The van der Waals surface area contributed by atoms with E-state index in [4.69, 9.17) is 0 Å². The van der Waals surface area contributed by atoms with Crippen LogP contribution in [0, 0.1) is 20.8 Å². The minimum atomic E-state index is 0.987. The summed E-state index contributed by atoms with van der Waals surface area (Å²) in [6.45, 7) is 7.63. The van der Waals surface area contributed by atoms with E-state index >= 15 is 0 Å². The van der Waals surface area contributed by atoms with Gasteiger partial charge in [0.05, 0.1) is 5.56 Å². The minimum absolute atomic E-state index is 0.987. The van der Waals surface area contributed by atoms with Crippen molar-refractivity contribution in [3.63, 3.8) is 0 Å². The molecule has 1 heteroatoms. The summed E-state index contributed by atoms with van der Waals surface area (Å²) in [5.41, 5.74) is 11.0. The lowest BCUT2D eigenvalue weighted by molar-refractivity contribution is -0.672. The Bertz CT molecular complexity index is 873. The first kappa shape index (κ1) is 13.3. The number of pyridine rings is 1. The minimum Gasteiger partial charge on any atom is -0.194 e. The summed E-state index contributed by atoms with van der Waals surface area (Å²) in [6, 6.07) is 17.7. The van der Waals surface area contributed by atoms with E-state index in [-0.39, 0.29) is 0 Å². The number of aromatic nitrogens is 1. The molecular formula is C21H20N+. The smallest absolute Gasteiger partial charge is 0.194 e. The predicted molar refractivity (Wildman–Crippen MR) is 90.8 cm³/mol. The van der Waals surface area contributed by atoms with Crippen LogP contribution in [0.25, 0.3) is 22.4 Å². The molecule has 1 nitrogen and oxygen atoms in total.